The molecule has 2 atom stereocenters. The number of aryl methyl sites for hydroxylation is 1. The zero-order valence-corrected chi connectivity index (χ0v) is 14.5. The number of fused-ring (bicyclic) bond motifs is 1. The van der Waals surface area contributed by atoms with Crippen LogP contribution in [0.2, 0.25) is 0 Å². The first-order valence-corrected chi connectivity index (χ1v) is 9.03. The van der Waals surface area contributed by atoms with Crippen LogP contribution in [0.4, 0.5) is 0 Å². The standard InChI is InChI=1S/C18H25N5O/c1-3-22-10-4-6-16(22)17-7-5-11-23(17)18(24)13-8-9-15-14(12-13)19-20-21(15)2/h8-9,12,16-17H,3-7,10-11H2,1-2H3/t16-,17+/m0/s1. The maximum absolute atomic E-state index is 13.1. The summed E-state index contributed by atoms with van der Waals surface area (Å²) in [6.07, 6.45) is 4.70. The highest BCUT2D eigenvalue weighted by Crippen LogP contribution is 2.31. The zero-order chi connectivity index (χ0) is 16.7. The second kappa shape index (κ2) is 6.16. The summed E-state index contributed by atoms with van der Waals surface area (Å²) in [5, 5.41) is 8.17. The first-order valence-electron chi connectivity index (χ1n) is 9.03. The van der Waals surface area contributed by atoms with Gasteiger partial charge in [-0.2, -0.15) is 0 Å². The van der Waals surface area contributed by atoms with Crippen molar-refractivity contribution in [2.75, 3.05) is 19.6 Å². The van der Waals surface area contributed by atoms with Crippen molar-refractivity contribution in [2.45, 2.75) is 44.7 Å². The van der Waals surface area contributed by atoms with Crippen LogP contribution in [0.5, 0.6) is 0 Å². The van der Waals surface area contributed by atoms with Gasteiger partial charge in [-0.15, -0.1) is 5.10 Å². The molecule has 1 aromatic heterocycles. The van der Waals surface area contributed by atoms with E-state index in [0.29, 0.717) is 12.1 Å². The van der Waals surface area contributed by atoms with E-state index in [0.717, 1.165) is 42.5 Å². The van der Waals surface area contributed by atoms with E-state index < -0.39 is 0 Å². The molecule has 6 heteroatoms. The molecule has 2 aromatic rings. The minimum atomic E-state index is 0.146. The molecule has 2 fully saturated rings. The molecule has 6 nitrogen and oxygen atoms in total. The van der Waals surface area contributed by atoms with Crippen LogP contribution in [0.25, 0.3) is 11.0 Å². The number of likely N-dealkylation sites (N-methyl/N-ethyl adjacent to an activating group) is 1. The summed E-state index contributed by atoms with van der Waals surface area (Å²) in [6, 6.07) is 6.63. The Hall–Kier alpha value is -1.95. The van der Waals surface area contributed by atoms with Crippen molar-refractivity contribution in [3.05, 3.63) is 23.8 Å². The molecule has 24 heavy (non-hydrogen) atoms. The monoisotopic (exact) mass is 327 g/mol. The van der Waals surface area contributed by atoms with Crippen LogP contribution in [0.1, 0.15) is 43.0 Å². The van der Waals surface area contributed by atoms with Crippen LogP contribution in [-0.4, -0.2) is 62.4 Å². The van der Waals surface area contributed by atoms with Gasteiger partial charge in [0.05, 0.1) is 5.52 Å². The Morgan fingerprint density at radius 1 is 1.21 bits per heavy atom. The van der Waals surface area contributed by atoms with Gasteiger partial charge in [-0.1, -0.05) is 12.1 Å². The Morgan fingerprint density at radius 3 is 2.83 bits per heavy atom. The summed E-state index contributed by atoms with van der Waals surface area (Å²) in [4.78, 5) is 17.8. The Bertz CT molecular complexity index is 755. The van der Waals surface area contributed by atoms with Gasteiger partial charge in [-0.3, -0.25) is 9.69 Å². The lowest BCUT2D eigenvalue weighted by Crippen LogP contribution is -2.48. The van der Waals surface area contributed by atoms with Crippen LogP contribution in [-0.2, 0) is 7.05 Å². The SMILES string of the molecule is CCN1CCC[C@H]1[C@H]1CCCN1C(=O)c1ccc2c(c1)nnn2C. The Morgan fingerprint density at radius 2 is 2.00 bits per heavy atom. The van der Waals surface area contributed by atoms with Gasteiger partial charge in [0.15, 0.2) is 0 Å². The Kier molecular flexibility index (Phi) is 4.00. The maximum Gasteiger partial charge on any atom is 0.254 e. The predicted octanol–water partition coefficient (Wildman–Crippen LogP) is 2.06. The minimum Gasteiger partial charge on any atom is -0.334 e. The molecular weight excluding hydrogens is 302 g/mol. The number of benzene rings is 1. The molecule has 0 aliphatic carbocycles. The molecule has 0 radical (unpaired) electrons. The second-order valence-electron chi connectivity index (χ2n) is 6.96. The fourth-order valence-electron chi connectivity index (χ4n) is 4.46. The van der Waals surface area contributed by atoms with E-state index in [9.17, 15) is 4.79 Å². The highest BCUT2D eigenvalue weighted by atomic mass is 16.2. The molecule has 2 saturated heterocycles. The van der Waals surface area contributed by atoms with Gasteiger partial charge in [-0.05, 0) is 57.0 Å². The van der Waals surface area contributed by atoms with Crippen molar-refractivity contribution in [2.24, 2.45) is 7.05 Å². The number of nitrogens with zero attached hydrogens (tertiary/aromatic N) is 5. The van der Waals surface area contributed by atoms with E-state index in [1.165, 1.54) is 19.4 Å². The summed E-state index contributed by atoms with van der Waals surface area (Å²) >= 11 is 0. The minimum absolute atomic E-state index is 0.146. The topological polar surface area (TPSA) is 54.3 Å². The lowest BCUT2D eigenvalue weighted by atomic mass is 10.0. The van der Waals surface area contributed by atoms with Gasteiger partial charge < -0.3 is 4.90 Å². The number of hydrogen-bond donors (Lipinski definition) is 0. The average Bonchev–Trinajstić information content (AvgIpc) is 3.32. The van der Waals surface area contributed by atoms with E-state index in [2.05, 4.69) is 27.0 Å². The van der Waals surface area contributed by atoms with E-state index in [-0.39, 0.29) is 5.91 Å². The molecule has 0 N–H and O–H groups in total. The molecule has 4 rings (SSSR count). The largest absolute Gasteiger partial charge is 0.334 e. The molecule has 1 amide bonds. The molecule has 1 aromatic carbocycles. The highest BCUT2D eigenvalue weighted by molar-refractivity contribution is 5.97. The number of aromatic nitrogens is 3. The number of hydrogen-bond acceptors (Lipinski definition) is 4. The van der Waals surface area contributed by atoms with Crippen LogP contribution in [0.15, 0.2) is 18.2 Å². The third-order valence-electron chi connectivity index (χ3n) is 5.68. The summed E-state index contributed by atoms with van der Waals surface area (Å²) in [5.41, 5.74) is 2.48. The van der Waals surface area contributed by atoms with E-state index >= 15 is 0 Å². The summed E-state index contributed by atoms with van der Waals surface area (Å²) < 4.78 is 1.74. The summed E-state index contributed by atoms with van der Waals surface area (Å²) in [5.74, 6) is 0.146. The van der Waals surface area contributed by atoms with Crippen molar-refractivity contribution in [1.29, 1.82) is 0 Å². The first kappa shape index (κ1) is 15.6. The van der Waals surface area contributed by atoms with Gasteiger partial charge in [0.2, 0.25) is 0 Å². The number of carbonyl (C=O) groups excluding carboxylic acids is 1. The van der Waals surface area contributed by atoms with E-state index in [1.807, 2.05) is 25.2 Å². The summed E-state index contributed by atoms with van der Waals surface area (Å²) in [6.45, 7) is 5.34. The highest BCUT2D eigenvalue weighted by Gasteiger charge is 2.39. The molecule has 0 bridgehead atoms. The van der Waals surface area contributed by atoms with Crippen LogP contribution >= 0.6 is 0 Å². The fraction of sp³-hybridized carbons (Fsp3) is 0.611. The maximum atomic E-state index is 13.1. The van der Waals surface area contributed by atoms with Crippen molar-refractivity contribution in [3.8, 4) is 0 Å². The molecule has 2 aliphatic heterocycles. The van der Waals surface area contributed by atoms with Crippen molar-refractivity contribution in [3.63, 3.8) is 0 Å². The van der Waals surface area contributed by atoms with Gasteiger partial charge >= 0.3 is 0 Å². The average molecular weight is 327 g/mol. The molecule has 0 saturated carbocycles. The molecule has 0 spiro atoms. The third-order valence-corrected chi connectivity index (χ3v) is 5.68. The number of rotatable bonds is 3. The number of carbonyl (C=O) groups is 1. The van der Waals surface area contributed by atoms with Crippen molar-refractivity contribution < 1.29 is 4.79 Å². The molecular formula is C18H25N5O. The van der Waals surface area contributed by atoms with Crippen molar-refractivity contribution in [1.82, 2.24) is 24.8 Å². The third kappa shape index (κ3) is 2.49. The van der Waals surface area contributed by atoms with Crippen LogP contribution in [0.3, 0.4) is 0 Å². The van der Waals surface area contributed by atoms with Crippen molar-refractivity contribution >= 4 is 16.9 Å². The normalized spacial score (nSPS) is 25.0. The van der Waals surface area contributed by atoms with E-state index in [4.69, 9.17) is 0 Å². The lowest BCUT2D eigenvalue weighted by molar-refractivity contribution is 0.0650. The van der Waals surface area contributed by atoms with Gasteiger partial charge in [-0.25, -0.2) is 4.68 Å². The van der Waals surface area contributed by atoms with Crippen LogP contribution in [0, 0.1) is 0 Å². The van der Waals surface area contributed by atoms with Gasteiger partial charge in [0, 0.05) is 31.2 Å². The van der Waals surface area contributed by atoms with Gasteiger partial charge in [0.25, 0.3) is 5.91 Å². The quantitative estimate of drug-likeness (QED) is 0.866. The van der Waals surface area contributed by atoms with E-state index in [1.54, 1.807) is 4.68 Å². The Labute approximate surface area is 142 Å². The number of amides is 1. The smallest absolute Gasteiger partial charge is 0.254 e. The molecule has 0 unspecified atom stereocenters. The summed E-state index contributed by atoms with van der Waals surface area (Å²) in [7, 11) is 1.87. The van der Waals surface area contributed by atoms with Gasteiger partial charge in [0.1, 0.15) is 5.52 Å². The first-order chi connectivity index (χ1) is 11.7. The number of likely N-dealkylation sites (tertiary alicyclic amines) is 2. The Balaban J connectivity index is 1.59. The molecule has 3 heterocycles. The zero-order valence-electron chi connectivity index (χ0n) is 14.5. The molecule has 128 valence electrons. The fourth-order valence-corrected chi connectivity index (χ4v) is 4.46. The predicted molar refractivity (Wildman–Crippen MR) is 92.8 cm³/mol. The second-order valence-corrected chi connectivity index (χ2v) is 6.96. The van der Waals surface area contributed by atoms with Crippen LogP contribution < -0.4 is 0 Å². The lowest BCUT2D eigenvalue weighted by Gasteiger charge is -2.34. The molecule has 2 aliphatic rings.